The molecule has 2 rings (SSSR count). The predicted molar refractivity (Wildman–Crippen MR) is 58.9 cm³/mol. The lowest BCUT2D eigenvalue weighted by Crippen LogP contribution is -2.55. The fraction of sp³-hybridized carbons (Fsp3) is 0.500. The number of hydrogen-bond donors (Lipinski definition) is 2. The molecule has 88 valence electrons. The van der Waals surface area contributed by atoms with Crippen LogP contribution in [0.5, 0.6) is 5.75 Å². The quantitative estimate of drug-likeness (QED) is 0.797. The maximum Gasteiger partial charge on any atom is 0.129 e. The SMILES string of the molecule is C[C@]1(O)CNCC[C@@H]1Oc1cccc(F)c1. The minimum Gasteiger partial charge on any atom is -0.487 e. The van der Waals surface area contributed by atoms with Crippen molar-refractivity contribution in [3.05, 3.63) is 30.1 Å². The van der Waals surface area contributed by atoms with Gasteiger partial charge in [-0.05, 0) is 32.0 Å². The van der Waals surface area contributed by atoms with Crippen molar-refractivity contribution in [1.82, 2.24) is 5.32 Å². The summed E-state index contributed by atoms with van der Waals surface area (Å²) in [6.07, 6.45) is 0.416. The van der Waals surface area contributed by atoms with Crippen molar-refractivity contribution < 1.29 is 14.2 Å². The number of hydrogen-bond acceptors (Lipinski definition) is 3. The molecule has 1 aliphatic heterocycles. The van der Waals surface area contributed by atoms with Gasteiger partial charge in [0.1, 0.15) is 23.3 Å². The number of benzene rings is 1. The molecule has 1 aromatic rings. The van der Waals surface area contributed by atoms with Crippen LogP contribution in [0.15, 0.2) is 24.3 Å². The highest BCUT2D eigenvalue weighted by Crippen LogP contribution is 2.23. The van der Waals surface area contributed by atoms with Gasteiger partial charge < -0.3 is 15.2 Å². The average molecular weight is 225 g/mol. The number of rotatable bonds is 2. The lowest BCUT2D eigenvalue weighted by atomic mass is 9.93. The molecule has 0 saturated carbocycles. The molecule has 0 amide bonds. The summed E-state index contributed by atoms with van der Waals surface area (Å²) in [6.45, 7) is 3.02. The fourth-order valence-electron chi connectivity index (χ4n) is 1.89. The molecule has 4 heteroatoms. The summed E-state index contributed by atoms with van der Waals surface area (Å²) >= 11 is 0. The molecule has 0 spiro atoms. The Morgan fingerprint density at radius 1 is 1.56 bits per heavy atom. The summed E-state index contributed by atoms with van der Waals surface area (Å²) in [7, 11) is 0. The van der Waals surface area contributed by atoms with Gasteiger partial charge in [-0.1, -0.05) is 6.07 Å². The number of halogens is 1. The Hall–Kier alpha value is -1.13. The van der Waals surface area contributed by atoms with E-state index in [2.05, 4.69) is 5.32 Å². The van der Waals surface area contributed by atoms with Crippen LogP contribution >= 0.6 is 0 Å². The van der Waals surface area contributed by atoms with Crippen LogP contribution in [0, 0.1) is 5.82 Å². The summed E-state index contributed by atoms with van der Waals surface area (Å²) in [5.74, 6) is 0.137. The van der Waals surface area contributed by atoms with Crippen molar-refractivity contribution in [3.63, 3.8) is 0 Å². The maximum absolute atomic E-state index is 13.0. The first-order chi connectivity index (χ1) is 7.58. The number of aliphatic hydroxyl groups is 1. The molecule has 1 heterocycles. The summed E-state index contributed by atoms with van der Waals surface area (Å²) < 4.78 is 18.6. The van der Waals surface area contributed by atoms with Gasteiger partial charge in [-0.2, -0.15) is 0 Å². The molecule has 2 atom stereocenters. The smallest absolute Gasteiger partial charge is 0.129 e. The van der Waals surface area contributed by atoms with Crippen molar-refractivity contribution in [3.8, 4) is 5.75 Å². The van der Waals surface area contributed by atoms with Crippen LogP contribution in [0.25, 0.3) is 0 Å². The molecule has 1 saturated heterocycles. The molecule has 2 N–H and O–H groups in total. The number of β-amino-alcohol motifs (C(OH)–C–C–N with tert-alkyl or cyclic N) is 1. The lowest BCUT2D eigenvalue weighted by Gasteiger charge is -2.37. The summed E-state index contributed by atoms with van der Waals surface area (Å²) in [5.41, 5.74) is -0.912. The number of ether oxygens (including phenoxy) is 1. The molecule has 1 fully saturated rings. The van der Waals surface area contributed by atoms with Crippen LogP contribution in [0.1, 0.15) is 13.3 Å². The van der Waals surface area contributed by atoms with Gasteiger partial charge in [-0.3, -0.25) is 0 Å². The molecule has 0 aliphatic carbocycles. The van der Waals surface area contributed by atoms with E-state index in [9.17, 15) is 9.50 Å². The van der Waals surface area contributed by atoms with E-state index in [0.717, 1.165) is 6.54 Å². The second kappa shape index (κ2) is 4.39. The van der Waals surface area contributed by atoms with Crippen molar-refractivity contribution in [2.24, 2.45) is 0 Å². The second-order valence-corrected chi connectivity index (χ2v) is 4.39. The molecule has 0 aromatic heterocycles. The Morgan fingerprint density at radius 3 is 3.06 bits per heavy atom. The van der Waals surface area contributed by atoms with Gasteiger partial charge in [-0.25, -0.2) is 4.39 Å². The van der Waals surface area contributed by atoms with Gasteiger partial charge in [-0.15, -0.1) is 0 Å². The van der Waals surface area contributed by atoms with Crippen LogP contribution in [0.3, 0.4) is 0 Å². The monoisotopic (exact) mass is 225 g/mol. The highest BCUT2D eigenvalue weighted by molar-refractivity contribution is 5.23. The topological polar surface area (TPSA) is 41.5 Å². The highest BCUT2D eigenvalue weighted by Gasteiger charge is 2.36. The number of nitrogens with one attached hydrogen (secondary N) is 1. The van der Waals surface area contributed by atoms with Gasteiger partial charge in [0.15, 0.2) is 0 Å². The minimum atomic E-state index is -0.912. The van der Waals surface area contributed by atoms with Crippen LogP contribution in [0.4, 0.5) is 4.39 Å². The van der Waals surface area contributed by atoms with Gasteiger partial charge in [0.2, 0.25) is 0 Å². The van der Waals surface area contributed by atoms with Gasteiger partial charge >= 0.3 is 0 Å². The van der Waals surface area contributed by atoms with E-state index in [1.54, 1.807) is 19.1 Å². The van der Waals surface area contributed by atoms with Crippen molar-refractivity contribution in [2.45, 2.75) is 25.0 Å². The van der Waals surface area contributed by atoms with Gasteiger partial charge in [0.05, 0.1) is 0 Å². The second-order valence-electron chi connectivity index (χ2n) is 4.39. The first kappa shape index (κ1) is 11.4. The third-order valence-corrected chi connectivity index (χ3v) is 2.83. The van der Waals surface area contributed by atoms with E-state index < -0.39 is 5.60 Å². The Balaban J connectivity index is 2.08. The van der Waals surface area contributed by atoms with Crippen LogP contribution in [0.2, 0.25) is 0 Å². The molecule has 16 heavy (non-hydrogen) atoms. The lowest BCUT2D eigenvalue weighted by molar-refractivity contribution is -0.0635. The minimum absolute atomic E-state index is 0.296. The zero-order chi connectivity index (χ0) is 11.6. The zero-order valence-corrected chi connectivity index (χ0v) is 9.24. The summed E-state index contributed by atoms with van der Waals surface area (Å²) in [4.78, 5) is 0. The van der Waals surface area contributed by atoms with Crippen LogP contribution in [-0.2, 0) is 0 Å². The zero-order valence-electron chi connectivity index (χ0n) is 9.24. The highest BCUT2D eigenvalue weighted by atomic mass is 19.1. The Bertz CT molecular complexity index is 368. The predicted octanol–water partition coefficient (Wildman–Crippen LogP) is 1.32. The molecule has 0 bridgehead atoms. The van der Waals surface area contributed by atoms with E-state index in [4.69, 9.17) is 4.74 Å². The van der Waals surface area contributed by atoms with E-state index in [-0.39, 0.29) is 11.9 Å². The molecular formula is C12H16FNO2. The molecular weight excluding hydrogens is 209 g/mol. The van der Waals surface area contributed by atoms with Gasteiger partial charge in [0, 0.05) is 12.6 Å². The van der Waals surface area contributed by atoms with Crippen molar-refractivity contribution in [2.75, 3.05) is 13.1 Å². The number of piperidine rings is 1. The first-order valence-electron chi connectivity index (χ1n) is 5.43. The Morgan fingerprint density at radius 2 is 2.38 bits per heavy atom. The standard InChI is InChI=1S/C12H16FNO2/c1-12(15)8-14-6-5-11(12)16-10-4-2-3-9(13)7-10/h2-4,7,11,14-15H,5-6,8H2,1H3/t11-,12-/m0/s1. The summed E-state index contributed by atoms with van der Waals surface area (Å²) in [6, 6.07) is 5.99. The molecule has 1 aromatic carbocycles. The van der Waals surface area contributed by atoms with Gasteiger partial charge in [0.25, 0.3) is 0 Å². The van der Waals surface area contributed by atoms with Crippen LogP contribution in [-0.4, -0.2) is 29.9 Å². The first-order valence-corrected chi connectivity index (χ1v) is 5.43. The Kier molecular flexibility index (Phi) is 3.12. The molecule has 3 nitrogen and oxygen atoms in total. The largest absolute Gasteiger partial charge is 0.487 e. The van der Waals surface area contributed by atoms with Crippen LogP contribution < -0.4 is 10.1 Å². The normalized spacial score (nSPS) is 30.1. The van der Waals surface area contributed by atoms with Crippen molar-refractivity contribution in [1.29, 1.82) is 0 Å². The summed E-state index contributed by atoms with van der Waals surface area (Å²) in [5, 5.41) is 13.2. The van der Waals surface area contributed by atoms with E-state index in [1.807, 2.05) is 0 Å². The maximum atomic E-state index is 13.0. The fourth-order valence-corrected chi connectivity index (χ4v) is 1.89. The molecule has 0 radical (unpaired) electrons. The van der Waals surface area contributed by atoms with Crippen molar-refractivity contribution >= 4 is 0 Å². The van der Waals surface area contributed by atoms with E-state index >= 15 is 0 Å². The van der Waals surface area contributed by atoms with E-state index in [0.29, 0.717) is 18.7 Å². The molecule has 1 aliphatic rings. The third-order valence-electron chi connectivity index (χ3n) is 2.83. The molecule has 0 unspecified atom stereocenters. The third kappa shape index (κ3) is 2.51. The van der Waals surface area contributed by atoms with E-state index in [1.165, 1.54) is 12.1 Å². The Labute approximate surface area is 94.2 Å². The average Bonchev–Trinajstić information content (AvgIpc) is 2.21.